The Morgan fingerprint density at radius 3 is 2.73 bits per heavy atom. The highest BCUT2D eigenvalue weighted by Crippen LogP contribution is 2.39. The Morgan fingerprint density at radius 2 is 2.05 bits per heavy atom. The van der Waals surface area contributed by atoms with Crippen molar-refractivity contribution in [3.8, 4) is 0 Å². The second-order valence-corrected chi connectivity index (χ2v) is 5.97. The maximum Gasteiger partial charge on any atom is 0.404 e. The topological polar surface area (TPSA) is 79.3 Å². The summed E-state index contributed by atoms with van der Waals surface area (Å²) in [5.74, 6) is 0. The summed E-state index contributed by atoms with van der Waals surface area (Å²) in [7, 11) is 0. The molecule has 0 bridgehead atoms. The molecule has 0 saturated heterocycles. The molecule has 0 radical (unpaired) electrons. The molecule has 22 heavy (non-hydrogen) atoms. The lowest BCUT2D eigenvalue weighted by Crippen LogP contribution is -2.20. The zero-order valence-corrected chi connectivity index (χ0v) is 13.4. The third-order valence-electron chi connectivity index (χ3n) is 2.70. The van der Waals surface area contributed by atoms with Crippen molar-refractivity contribution in [3.63, 3.8) is 0 Å². The number of rotatable bonds is 5. The first-order chi connectivity index (χ1) is 10.5. The Bertz CT molecular complexity index is 725. The number of hydrogen-bond acceptors (Lipinski definition) is 4. The van der Waals surface area contributed by atoms with Gasteiger partial charge in [-0.3, -0.25) is 9.78 Å². The van der Waals surface area contributed by atoms with Crippen molar-refractivity contribution in [1.29, 1.82) is 0 Å². The van der Waals surface area contributed by atoms with E-state index in [4.69, 9.17) is 28.3 Å². The van der Waals surface area contributed by atoms with Crippen LogP contribution in [-0.4, -0.2) is 22.5 Å². The molecule has 0 saturated carbocycles. The van der Waals surface area contributed by atoms with E-state index in [0.717, 1.165) is 0 Å². The predicted octanol–water partition coefficient (Wildman–Crippen LogP) is 4.12. The highest BCUT2D eigenvalue weighted by atomic mass is 35.5. The number of nitrogens with one attached hydrogen (secondary N) is 1. The van der Waals surface area contributed by atoms with E-state index in [0.29, 0.717) is 31.7 Å². The predicted molar refractivity (Wildman–Crippen MR) is 85.1 cm³/mol. The zero-order chi connectivity index (χ0) is 16.1. The minimum atomic E-state index is -1.16. The molecule has 0 aliphatic carbocycles. The van der Waals surface area contributed by atoms with Gasteiger partial charge in [0.2, 0.25) is 0 Å². The number of carbonyl (C=O) groups is 2. The molecule has 5 nitrogen and oxygen atoms in total. The van der Waals surface area contributed by atoms with Crippen LogP contribution in [0.4, 0.5) is 4.79 Å². The van der Waals surface area contributed by atoms with Gasteiger partial charge >= 0.3 is 6.09 Å². The molecule has 114 valence electrons. The van der Waals surface area contributed by atoms with Crippen molar-refractivity contribution < 1.29 is 14.7 Å². The van der Waals surface area contributed by atoms with Crippen molar-refractivity contribution in [1.82, 2.24) is 10.3 Å². The standard InChI is InChI=1S/C14H10Cl2N2O3S/c15-9-3-4-10(16)13(8(9)6-18-14(20)21)22-12-2-1-5-17-11(12)7-19/h1-5,7,18H,6H2,(H,20,21). The second-order valence-electron chi connectivity index (χ2n) is 4.10. The van der Waals surface area contributed by atoms with Gasteiger partial charge in [0.1, 0.15) is 5.69 Å². The molecule has 2 N–H and O–H groups in total. The van der Waals surface area contributed by atoms with E-state index in [1.165, 1.54) is 18.0 Å². The third kappa shape index (κ3) is 3.91. The van der Waals surface area contributed by atoms with Gasteiger partial charge in [0.25, 0.3) is 0 Å². The van der Waals surface area contributed by atoms with Crippen molar-refractivity contribution in [2.45, 2.75) is 16.3 Å². The number of aromatic nitrogens is 1. The Balaban J connectivity index is 2.42. The molecule has 8 heteroatoms. The number of halogens is 2. The van der Waals surface area contributed by atoms with Gasteiger partial charge in [-0.05, 0) is 24.3 Å². The van der Waals surface area contributed by atoms with Crippen LogP contribution in [0.3, 0.4) is 0 Å². The van der Waals surface area contributed by atoms with Crippen molar-refractivity contribution >= 4 is 47.3 Å². The van der Waals surface area contributed by atoms with Gasteiger partial charge in [-0.1, -0.05) is 35.0 Å². The van der Waals surface area contributed by atoms with Crippen LogP contribution in [0.5, 0.6) is 0 Å². The number of hydrogen-bond donors (Lipinski definition) is 2. The molecule has 0 unspecified atom stereocenters. The minimum Gasteiger partial charge on any atom is -0.465 e. The van der Waals surface area contributed by atoms with E-state index >= 15 is 0 Å². The summed E-state index contributed by atoms with van der Waals surface area (Å²) < 4.78 is 0. The highest BCUT2D eigenvalue weighted by Gasteiger charge is 2.15. The van der Waals surface area contributed by atoms with Crippen LogP contribution in [0.25, 0.3) is 0 Å². The molecule has 0 spiro atoms. The van der Waals surface area contributed by atoms with Gasteiger partial charge < -0.3 is 10.4 Å². The van der Waals surface area contributed by atoms with Crippen LogP contribution in [0, 0.1) is 0 Å². The molecule has 0 aliphatic rings. The van der Waals surface area contributed by atoms with Crippen molar-refractivity contribution in [2.24, 2.45) is 0 Å². The number of pyridine rings is 1. The number of carbonyl (C=O) groups excluding carboxylic acids is 1. The van der Waals surface area contributed by atoms with Crippen LogP contribution in [0.15, 0.2) is 40.3 Å². The van der Waals surface area contributed by atoms with Crippen LogP contribution < -0.4 is 5.32 Å². The maximum atomic E-state index is 11.0. The van der Waals surface area contributed by atoms with E-state index in [9.17, 15) is 9.59 Å². The molecular weight excluding hydrogens is 347 g/mol. The fourth-order valence-electron chi connectivity index (χ4n) is 1.70. The molecule has 1 heterocycles. The highest BCUT2D eigenvalue weighted by molar-refractivity contribution is 7.99. The summed E-state index contributed by atoms with van der Waals surface area (Å²) >= 11 is 13.5. The van der Waals surface area contributed by atoms with Crippen LogP contribution >= 0.6 is 35.0 Å². The average Bonchev–Trinajstić information content (AvgIpc) is 2.50. The molecule has 1 aromatic heterocycles. The normalized spacial score (nSPS) is 10.3. The largest absolute Gasteiger partial charge is 0.465 e. The summed E-state index contributed by atoms with van der Waals surface area (Å²) in [6.07, 6.45) is 0.998. The molecule has 0 fully saturated rings. The number of amides is 1. The summed E-state index contributed by atoms with van der Waals surface area (Å²) in [6, 6.07) is 6.64. The van der Waals surface area contributed by atoms with E-state index in [1.54, 1.807) is 24.3 Å². The molecule has 0 aliphatic heterocycles. The van der Waals surface area contributed by atoms with E-state index < -0.39 is 6.09 Å². The lowest BCUT2D eigenvalue weighted by Gasteiger charge is -2.13. The molecule has 0 atom stereocenters. The van der Waals surface area contributed by atoms with E-state index in [1.807, 2.05) is 0 Å². The Labute approximate surface area is 140 Å². The van der Waals surface area contributed by atoms with Gasteiger partial charge in [-0.2, -0.15) is 0 Å². The lowest BCUT2D eigenvalue weighted by atomic mass is 10.2. The Hall–Kier alpha value is -1.76. The molecular formula is C14H10Cl2N2O3S. The number of nitrogens with zero attached hydrogens (tertiary/aromatic N) is 1. The van der Waals surface area contributed by atoms with Crippen LogP contribution in [0.1, 0.15) is 16.1 Å². The SMILES string of the molecule is O=Cc1ncccc1Sc1c(Cl)ccc(Cl)c1CNC(=O)O. The Morgan fingerprint density at radius 1 is 1.32 bits per heavy atom. The van der Waals surface area contributed by atoms with Gasteiger partial charge in [-0.25, -0.2) is 4.79 Å². The minimum absolute atomic E-state index is 0.00768. The first-order valence-corrected chi connectivity index (χ1v) is 7.62. The number of benzene rings is 1. The molecule has 1 aromatic carbocycles. The van der Waals surface area contributed by atoms with Crippen molar-refractivity contribution in [2.75, 3.05) is 0 Å². The first-order valence-electron chi connectivity index (χ1n) is 6.04. The van der Waals surface area contributed by atoms with Gasteiger partial charge in [0, 0.05) is 33.1 Å². The molecule has 1 amide bonds. The second kappa shape index (κ2) is 7.49. The summed E-state index contributed by atoms with van der Waals surface area (Å²) in [5.41, 5.74) is 0.822. The fraction of sp³-hybridized carbons (Fsp3) is 0.0714. The first kappa shape index (κ1) is 16.6. The fourth-order valence-corrected chi connectivity index (χ4v) is 3.32. The summed E-state index contributed by atoms with van der Waals surface area (Å²) in [6.45, 7) is 0.00768. The lowest BCUT2D eigenvalue weighted by molar-refractivity contribution is 0.111. The molecule has 2 aromatic rings. The van der Waals surface area contributed by atoms with E-state index in [2.05, 4.69) is 10.3 Å². The smallest absolute Gasteiger partial charge is 0.404 e. The summed E-state index contributed by atoms with van der Waals surface area (Å²) in [5, 5.41) is 11.8. The third-order valence-corrected chi connectivity index (χ3v) is 4.71. The average molecular weight is 357 g/mol. The van der Waals surface area contributed by atoms with Gasteiger partial charge in [0.05, 0.1) is 5.02 Å². The quantitative estimate of drug-likeness (QED) is 0.787. The zero-order valence-electron chi connectivity index (χ0n) is 11.0. The van der Waals surface area contributed by atoms with Crippen molar-refractivity contribution in [3.05, 3.63) is 51.8 Å². The van der Waals surface area contributed by atoms with Crippen LogP contribution in [0.2, 0.25) is 10.0 Å². The monoisotopic (exact) mass is 356 g/mol. The molecule has 2 rings (SSSR count). The Kier molecular flexibility index (Phi) is 5.65. The summed E-state index contributed by atoms with van der Waals surface area (Å²) in [4.78, 5) is 26.9. The van der Waals surface area contributed by atoms with E-state index in [-0.39, 0.29) is 12.2 Å². The number of aldehydes is 1. The van der Waals surface area contributed by atoms with Crippen LogP contribution in [-0.2, 0) is 6.54 Å². The number of carboxylic acid groups (broad SMARTS) is 1. The van der Waals surface area contributed by atoms with Gasteiger partial charge in [-0.15, -0.1) is 0 Å². The maximum absolute atomic E-state index is 11.0. The van der Waals surface area contributed by atoms with Gasteiger partial charge in [0.15, 0.2) is 6.29 Å².